The van der Waals surface area contributed by atoms with Gasteiger partial charge in [0, 0.05) is 48.5 Å². The fourth-order valence-corrected chi connectivity index (χ4v) is 4.38. The highest BCUT2D eigenvalue weighted by Crippen LogP contribution is 2.33. The van der Waals surface area contributed by atoms with E-state index in [2.05, 4.69) is 86.2 Å². The van der Waals surface area contributed by atoms with Crippen molar-refractivity contribution in [1.29, 1.82) is 0 Å². The molecule has 3 N–H and O–H groups in total. The highest BCUT2D eigenvalue weighted by atomic mass is 79.9. The summed E-state index contributed by atoms with van der Waals surface area (Å²) in [5, 5.41) is 8.05. The number of nitrogens with one attached hydrogen (secondary N) is 1. The molecule has 0 spiro atoms. The van der Waals surface area contributed by atoms with E-state index in [1.54, 1.807) is 0 Å². The van der Waals surface area contributed by atoms with Crippen molar-refractivity contribution in [1.82, 2.24) is 25.1 Å². The number of rotatable bonds is 4. The number of nitrogen functional groups attached to an aromatic ring is 1. The van der Waals surface area contributed by atoms with Crippen molar-refractivity contribution < 1.29 is 0 Å². The number of aryl methyl sites for hydroxylation is 1. The Morgan fingerprint density at radius 3 is 2.73 bits per heavy atom. The lowest BCUT2D eigenvalue weighted by Crippen LogP contribution is -2.46. The number of benzene rings is 1. The van der Waals surface area contributed by atoms with Crippen LogP contribution in [0, 0.1) is 6.92 Å². The van der Waals surface area contributed by atoms with E-state index in [0.717, 1.165) is 46.9 Å². The third kappa shape index (κ3) is 4.06. The molecule has 0 aliphatic carbocycles. The molecular formula is C22H28BrN7. The second kappa shape index (κ2) is 8.35. The van der Waals surface area contributed by atoms with Gasteiger partial charge in [-0.3, -0.25) is 4.68 Å². The molecular weight excluding hydrogens is 442 g/mol. The van der Waals surface area contributed by atoms with E-state index in [1.807, 2.05) is 17.9 Å². The van der Waals surface area contributed by atoms with Gasteiger partial charge in [0.15, 0.2) is 0 Å². The molecule has 8 heteroatoms. The van der Waals surface area contributed by atoms with Crippen LogP contribution < -0.4 is 16.0 Å². The monoisotopic (exact) mass is 469 g/mol. The first-order chi connectivity index (χ1) is 14.3. The molecule has 7 nitrogen and oxygen atoms in total. The van der Waals surface area contributed by atoms with Crippen molar-refractivity contribution >= 4 is 27.7 Å². The van der Waals surface area contributed by atoms with Crippen LogP contribution in [-0.4, -0.2) is 39.4 Å². The van der Waals surface area contributed by atoms with Gasteiger partial charge < -0.3 is 16.0 Å². The van der Waals surface area contributed by atoms with Crippen molar-refractivity contribution in [2.45, 2.75) is 32.7 Å². The molecule has 1 atom stereocenters. The smallest absolute Gasteiger partial charge is 0.222 e. The predicted molar refractivity (Wildman–Crippen MR) is 125 cm³/mol. The molecule has 2 aromatic heterocycles. The Labute approximate surface area is 185 Å². The molecule has 0 radical (unpaired) electrons. The standard InChI is InChI=1S/C22H28BrN7/c1-13(2)19-10-21(28-22(24)27-19)30-8-7-25-20(12-30)16-9-15(5-6-18(16)23)17-11-26-29(4)14(17)3/h5-6,9-11,13,20,25H,7-8,12H2,1-4H3,(H2,24,27,28)/t20-/m0/s1. The molecule has 0 amide bonds. The fraction of sp³-hybridized carbons (Fsp3) is 0.409. The summed E-state index contributed by atoms with van der Waals surface area (Å²) in [6.07, 6.45) is 1.93. The summed E-state index contributed by atoms with van der Waals surface area (Å²) < 4.78 is 3.00. The first-order valence-corrected chi connectivity index (χ1v) is 11.0. The molecule has 1 aliphatic heterocycles. The number of anilines is 2. The van der Waals surface area contributed by atoms with Gasteiger partial charge >= 0.3 is 0 Å². The summed E-state index contributed by atoms with van der Waals surface area (Å²) >= 11 is 3.76. The number of halogens is 1. The molecule has 1 fully saturated rings. The zero-order chi connectivity index (χ0) is 21.4. The Hall–Kier alpha value is -2.45. The van der Waals surface area contributed by atoms with Gasteiger partial charge in [0.05, 0.1) is 17.9 Å². The third-order valence-corrected chi connectivity index (χ3v) is 6.48. The molecule has 0 bridgehead atoms. The second-order valence-electron chi connectivity index (χ2n) is 8.12. The van der Waals surface area contributed by atoms with E-state index in [-0.39, 0.29) is 6.04 Å². The first-order valence-electron chi connectivity index (χ1n) is 10.2. The van der Waals surface area contributed by atoms with Crippen LogP contribution in [0.2, 0.25) is 0 Å². The first kappa shape index (κ1) is 20.8. The number of hydrogen-bond donors (Lipinski definition) is 2. The van der Waals surface area contributed by atoms with Crippen LogP contribution in [-0.2, 0) is 7.05 Å². The Bertz CT molecular complexity index is 1060. The average molecular weight is 470 g/mol. The van der Waals surface area contributed by atoms with Gasteiger partial charge in [-0.05, 0) is 36.1 Å². The van der Waals surface area contributed by atoms with E-state index in [0.29, 0.717) is 11.9 Å². The topological polar surface area (TPSA) is 84.9 Å². The quantitative estimate of drug-likeness (QED) is 0.604. The summed E-state index contributed by atoms with van der Waals surface area (Å²) in [5.41, 5.74) is 11.7. The zero-order valence-corrected chi connectivity index (χ0v) is 19.4. The molecule has 3 aromatic rings. The van der Waals surface area contributed by atoms with Gasteiger partial charge in [-0.2, -0.15) is 10.1 Å². The van der Waals surface area contributed by atoms with Crippen molar-refractivity contribution in [3.8, 4) is 11.1 Å². The maximum atomic E-state index is 5.99. The summed E-state index contributed by atoms with van der Waals surface area (Å²) in [4.78, 5) is 11.2. The highest BCUT2D eigenvalue weighted by Gasteiger charge is 2.25. The van der Waals surface area contributed by atoms with Gasteiger partial charge in [-0.15, -0.1) is 0 Å². The molecule has 158 valence electrons. The molecule has 1 saturated heterocycles. The van der Waals surface area contributed by atoms with Crippen LogP contribution in [0.3, 0.4) is 0 Å². The van der Waals surface area contributed by atoms with Crippen LogP contribution in [0.1, 0.15) is 42.8 Å². The fourth-order valence-electron chi connectivity index (χ4n) is 3.86. The van der Waals surface area contributed by atoms with Crippen molar-refractivity contribution in [2.24, 2.45) is 7.05 Å². The number of hydrogen-bond acceptors (Lipinski definition) is 6. The van der Waals surface area contributed by atoms with E-state index in [9.17, 15) is 0 Å². The molecule has 3 heterocycles. The number of aromatic nitrogens is 4. The van der Waals surface area contributed by atoms with Gasteiger partial charge in [-0.25, -0.2) is 4.98 Å². The summed E-state index contributed by atoms with van der Waals surface area (Å²) in [7, 11) is 1.97. The number of nitrogens with two attached hydrogens (primary N) is 1. The normalized spacial score (nSPS) is 17.0. The van der Waals surface area contributed by atoms with Crippen LogP contribution >= 0.6 is 15.9 Å². The lowest BCUT2D eigenvalue weighted by atomic mass is 9.98. The SMILES string of the molecule is Cc1c(-c2ccc(Br)c([C@@H]3CN(c4cc(C(C)C)nc(N)n4)CCN3)c2)cnn1C. The summed E-state index contributed by atoms with van der Waals surface area (Å²) in [6, 6.07) is 8.75. The van der Waals surface area contributed by atoms with Crippen molar-refractivity contribution in [3.05, 3.63) is 51.9 Å². The molecule has 0 unspecified atom stereocenters. The van der Waals surface area contributed by atoms with Gasteiger partial charge in [0.1, 0.15) is 5.82 Å². The van der Waals surface area contributed by atoms with E-state index in [1.165, 1.54) is 11.1 Å². The molecule has 1 aliphatic rings. The molecule has 0 saturated carbocycles. The predicted octanol–water partition coefficient (Wildman–Crippen LogP) is 3.80. The Kier molecular flexibility index (Phi) is 5.79. The highest BCUT2D eigenvalue weighted by molar-refractivity contribution is 9.10. The van der Waals surface area contributed by atoms with Gasteiger partial charge in [0.2, 0.25) is 5.95 Å². The van der Waals surface area contributed by atoms with E-state index < -0.39 is 0 Å². The maximum absolute atomic E-state index is 5.99. The second-order valence-corrected chi connectivity index (χ2v) is 8.97. The lowest BCUT2D eigenvalue weighted by Gasteiger charge is -2.35. The van der Waals surface area contributed by atoms with Gasteiger partial charge in [0.25, 0.3) is 0 Å². The Morgan fingerprint density at radius 2 is 2.03 bits per heavy atom. The number of nitrogens with zero attached hydrogens (tertiary/aromatic N) is 5. The van der Waals surface area contributed by atoms with Crippen molar-refractivity contribution in [2.75, 3.05) is 30.3 Å². The summed E-state index contributed by atoms with van der Waals surface area (Å²) in [6.45, 7) is 8.89. The summed E-state index contributed by atoms with van der Waals surface area (Å²) in [5.74, 6) is 1.54. The largest absolute Gasteiger partial charge is 0.368 e. The Balaban J connectivity index is 1.64. The third-order valence-electron chi connectivity index (χ3n) is 5.76. The minimum Gasteiger partial charge on any atom is -0.368 e. The molecule has 4 rings (SSSR count). The molecule has 30 heavy (non-hydrogen) atoms. The van der Waals surface area contributed by atoms with E-state index in [4.69, 9.17) is 5.73 Å². The Morgan fingerprint density at radius 1 is 1.23 bits per heavy atom. The minimum atomic E-state index is 0.170. The maximum Gasteiger partial charge on any atom is 0.222 e. The lowest BCUT2D eigenvalue weighted by molar-refractivity contribution is 0.468. The van der Waals surface area contributed by atoms with Crippen LogP contribution in [0.5, 0.6) is 0 Å². The minimum absolute atomic E-state index is 0.170. The van der Waals surface area contributed by atoms with Crippen LogP contribution in [0.4, 0.5) is 11.8 Å². The van der Waals surface area contributed by atoms with Gasteiger partial charge in [-0.1, -0.05) is 35.8 Å². The van der Waals surface area contributed by atoms with Crippen LogP contribution in [0.25, 0.3) is 11.1 Å². The average Bonchev–Trinajstić information content (AvgIpc) is 3.06. The number of piperazine rings is 1. The molecule has 1 aromatic carbocycles. The van der Waals surface area contributed by atoms with E-state index >= 15 is 0 Å². The van der Waals surface area contributed by atoms with Crippen LogP contribution in [0.15, 0.2) is 34.9 Å². The zero-order valence-electron chi connectivity index (χ0n) is 17.9. The van der Waals surface area contributed by atoms with Crippen molar-refractivity contribution in [3.63, 3.8) is 0 Å².